The summed E-state index contributed by atoms with van der Waals surface area (Å²) in [5.41, 5.74) is 0.779. The highest BCUT2D eigenvalue weighted by Gasteiger charge is 2.11. The van der Waals surface area contributed by atoms with E-state index < -0.39 is 0 Å². The first kappa shape index (κ1) is 11.4. The normalized spacial score (nSPS) is 10.5. The molecule has 0 radical (unpaired) electrons. The zero-order chi connectivity index (χ0) is 12.3. The third-order valence-corrected chi connectivity index (χ3v) is 2.61. The lowest BCUT2D eigenvalue weighted by Gasteiger charge is -2.08. The highest BCUT2D eigenvalue weighted by Crippen LogP contribution is 2.19. The fourth-order valence-electron chi connectivity index (χ4n) is 1.44. The number of rotatable bonds is 4. The number of anilines is 1. The number of phenolic OH excluding ortho intramolecular Hbond substituents is 1. The predicted octanol–water partition coefficient (Wildman–Crippen LogP) is 1.82. The Hall–Kier alpha value is -2.04. The van der Waals surface area contributed by atoms with Crippen LogP contribution in [0.4, 0.5) is 5.95 Å². The van der Waals surface area contributed by atoms with E-state index in [1.54, 1.807) is 12.1 Å². The van der Waals surface area contributed by atoms with Gasteiger partial charge in [-0.25, -0.2) is 0 Å². The van der Waals surface area contributed by atoms with Crippen LogP contribution < -0.4 is 4.90 Å². The van der Waals surface area contributed by atoms with E-state index in [9.17, 15) is 5.11 Å². The van der Waals surface area contributed by atoms with Crippen LogP contribution in [0.3, 0.4) is 0 Å². The molecule has 1 aromatic carbocycles. The molecule has 1 aromatic heterocycles. The average molecular weight is 233 g/mol. The van der Waals surface area contributed by atoms with Crippen LogP contribution >= 0.6 is 0 Å². The van der Waals surface area contributed by atoms with Crippen molar-refractivity contribution in [2.45, 2.75) is 13.3 Å². The van der Waals surface area contributed by atoms with Crippen molar-refractivity contribution < 1.29 is 9.63 Å². The molecule has 1 heterocycles. The van der Waals surface area contributed by atoms with Crippen LogP contribution in [0, 0.1) is 0 Å². The number of phenols is 1. The van der Waals surface area contributed by atoms with Gasteiger partial charge < -0.3 is 14.5 Å². The van der Waals surface area contributed by atoms with E-state index in [2.05, 4.69) is 10.1 Å². The Morgan fingerprint density at radius 3 is 2.82 bits per heavy atom. The van der Waals surface area contributed by atoms with Crippen LogP contribution in [-0.2, 0) is 6.42 Å². The van der Waals surface area contributed by atoms with Crippen molar-refractivity contribution in [3.63, 3.8) is 0 Å². The van der Waals surface area contributed by atoms with Gasteiger partial charge in [0.1, 0.15) is 5.75 Å². The van der Waals surface area contributed by atoms with Gasteiger partial charge >= 0.3 is 0 Å². The van der Waals surface area contributed by atoms with Gasteiger partial charge in [0.15, 0.2) is 0 Å². The zero-order valence-corrected chi connectivity index (χ0v) is 9.92. The van der Waals surface area contributed by atoms with E-state index >= 15 is 0 Å². The SMILES string of the molecule is CCN(C)c1noc(Cc2ccccc2O)n1. The maximum absolute atomic E-state index is 9.63. The third-order valence-electron chi connectivity index (χ3n) is 2.61. The molecule has 0 spiro atoms. The lowest BCUT2D eigenvalue weighted by molar-refractivity contribution is 0.382. The van der Waals surface area contributed by atoms with E-state index in [0.717, 1.165) is 12.1 Å². The Morgan fingerprint density at radius 2 is 2.12 bits per heavy atom. The number of aromatic hydroxyl groups is 1. The fraction of sp³-hybridized carbons (Fsp3) is 0.333. The molecule has 0 aliphatic rings. The largest absolute Gasteiger partial charge is 0.508 e. The first-order valence-electron chi connectivity index (χ1n) is 5.51. The van der Waals surface area contributed by atoms with Crippen molar-refractivity contribution in [3.05, 3.63) is 35.7 Å². The van der Waals surface area contributed by atoms with E-state index in [0.29, 0.717) is 18.3 Å². The minimum atomic E-state index is 0.246. The molecule has 0 unspecified atom stereocenters. The van der Waals surface area contributed by atoms with Gasteiger partial charge in [-0.15, -0.1) is 0 Å². The van der Waals surface area contributed by atoms with Gasteiger partial charge in [-0.05, 0) is 18.1 Å². The van der Waals surface area contributed by atoms with E-state index in [4.69, 9.17) is 4.52 Å². The molecule has 0 amide bonds. The lowest BCUT2D eigenvalue weighted by atomic mass is 10.1. The molecule has 0 bridgehead atoms. The number of aromatic nitrogens is 2. The minimum Gasteiger partial charge on any atom is -0.508 e. The van der Waals surface area contributed by atoms with E-state index in [1.165, 1.54) is 0 Å². The van der Waals surface area contributed by atoms with Crippen molar-refractivity contribution in [1.82, 2.24) is 10.1 Å². The van der Waals surface area contributed by atoms with Crippen LogP contribution in [0.2, 0.25) is 0 Å². The van der Waals surface area contributed by atoms with E-state index in [-0.39, 0.29) is 5.75 Å². The highest BCUT2D eigenvalue weighted by atomic mass is 16.5. The number of hydrogen-bond donors (Lipinski definition) is 1. The summed E-state index contributed by atoms with van der Waals surface area (Å²) in [5.74, 6) is 1.32. The second kappa shape index (κ2) is 4.86. The summed E-state index contributed by atoms with van der Waals surface area (Å²) in [6, 6.07) is 7.13. The van der Waals surface area contributed by atoms with Crippen LogP contribution in [0.5, 0.6) is 5.75 Å². The second-order valence-corrected chi connectivity index (χ2v) is 3.81. The molecule has 17 heavy (non-hydrogen) atoms. The Kier molecular flexibility index (Phi) is 3.27. The summed E-state index contributed by atoms with van der Waals surface area (Å²) in [4.78, 5) is 6.14. The maximum Gasteiger partial charge on any atom is 0.265 e. The highest BCUT2D eigenvalue weighted by molar-refractivity contribution is 5.34. The monoisotopic (exact) mass is 233 g/mol. The molecule has 0 aliphatic carbocycles. The summed E-state index contributed by atoms with van der Waals surface area (Å²) in [6.45, 7) is 2.83. The summed E-state index contributed by atoms with van der Waals surface area (Å²) >= 11 is 0. The molecule has 0 atom stereocenters. The predicted molar refractivity (Wildman–Crippen MR) is 64.2 cm³/mol. The quantitative estimate of drug-likeness (QED) is 0.872. The molecule has 0 saturated heterocycles. The summed E-state index contributed by atoms with van der Waals surface area (Å²) < 4.78 is 5.13. The standard InChI is InChI=1S/C12H15N3O2/c1-3-15(2)12-13-11(17-14-12)8-9-6-4-5-7-10(9)16/h4-7,16H,3,8H2,1-2H3. The van der Waals surface area contributed by atoms with Crippen molar-refractivity contribution in [3.8, 4) is 5.75 Å². The maximum atomic E-state index is 9.63. The molecule has 0 aliphatic heterocycles. The molecular weight excluding hydrogens is 218 g/mol. The molecular formula is C12H15N3O2. The first-order chi connectivity index (χ1) is 8.20. The number of nitrogens with zero attached hydrogens (tertiary/aromatic N) is 3. The van der Waals surface area contributed by atoms with Gasteiger partial charge in [-0.1, -0.05) is 18.2 Å². The molecule has 0 fully saturated rings. The number of benzene rings is 1. The summed E-state index contributed by atoms with van der Waals surface area (Å²) in [7, 11) is 1.90. The van der Waals surface area contributed by atoms with Gasteiger partial charge in [-0.2, -0.15) is 4.98 Å². The smallest absolute Gasteiger partial charge is 0.265 e. The van der Waals surface area contributed by atoms with Crippen LogP contribution in [0.1, 0.15) is 18.4 Å². The van der Waals surface area contributed by atoms with Crippen molar-refractivity contribution in [2.75, 3.05) is 18.5 Å². The topological polar surface area (TPSA) is 62.4 Å². The lowest BCUT2D eigenvalue weighted by Crippen LogP contribution is -2.17. The van der Waals surface area contributed by atoms with Gasteiger partial charge in [0, 0.05) is 19.2 Å². The Balaban J connectivity index is 2.14. The van der Waals surface area contributed by atoms with Crippen LogP contribution in [0.15, 0.2) is 28.8 Å². The molecule has 0 saturated carbocycles. The second-order valence-electron chi connectivity index (χ2n) is 3.81. The van der Waals surface area contributed by atoms with Gasteiger partial charge in [-0.3, -0.25) is 0 Å². The minimum absolute atomic E-state index is 0.246. The third kappa shape index (κ3) is 2.55. The summed E-state index contributed by atoms with van der Waals surface area (Å²) in [6.07, 6.45) is 0.442. The van der Waals surface area contributed by atoms with Crippen molar-refractivity contribution >= 4 is 5.95 Å². The van der Waals surface area contributed by atoms with Crippen molar-refractivity contribution in [1.29, 1.82) is 0 Å². The van der Waals surface area contributed by atoms with Gasteiger partial charge in [0.25, 0.3) is 5.95 Å². The van der Waals surface area contributed by atoms with Gasteiger partial charge in [0.05, 0.1) is 6.42 Å². The molecule has 2 aromatic rings. The van der Waals surface area contributed by atoms with Crippen LogP contribution in [-0.4, -0.2) is 28.8 Å². The molecule has 5 heteroatoms. The average Bonchev–Trinajstić information content (AvgIpc) is 2.80. The fourth-order valence-corrected chi connectivity index (χ4v) is 1.44. The zero-order valence-electron chi connectivity index (χ0n) is 9.92. The van der Waals surface area contributed by atoms with E-state index in [1.807, 2.05) is 31.0 Å². The number of hydrogen-bond acceptors (Lipinski definition) is 5. The van der Waals surface area contributed by atoms with Gasteiger partial charge in [0.2, 0.25) is 5.89 Å². The van der Waals surface area contributed by atoms with Crippen LogP contribution in [0.25, 0.3) is 0 Å². The Morgan fingerprint density at radius 1 is 1.35 bits per heavy atom. The van der Waals surface area contributed by atoms with Crippen molar-refractivity contribution in [2.24, 2.45) is 0 Å². The molecule has 5 nitrogen and oxygen atoms in total. The Bertz CT molecular complexity index is 496. The number of para-hydroxylation sites is 1. The Labute approximate surface area is 99.7 Å². The molecule has 90 valence electrons. The molecule has 1 N–H and O–H groups in total. The first-order valence-corrected chi connectivity index (χ1v) is 5.51. The summed E-state index contributed by atoms with van der Waals surface area (Å²) in [5, 5.41) is 13.5. The molecule has 2 rings (SSSR count).